The summed E-state index contributed by atoms with van der Waals surface area (Å²) in [5, 5.41) is 12.4. The van der Waals surface area contributed by atoms with Gasteiger partial charge in [-0.1, -0.05) is 47.5 Å². The second-order valence-electron chi connectivity index (χ2n) is 7.04. The number of carboxylic acid groups (broad SMARTS) is 1. The van der Waals surface area contributed by atoms with Gasteiger partial charge in [0.05, 0.1) is 11.3 Å². The molecule has 30 heavy (non-hydrogen) atoms. The normalized spacial score (nSPS) is 14.4. The Labute approximate surface area is 174 Å². The van der Waals surface area contributed by atoms with Crippen LogP contribution in [0, 0.1) is 13.8 Å². The highest BCUT2D eigenvalue weighted by atomic mass is 16.4. The van der Waals surface area contributed by atoms with Crippen molar-refractivity contribution in [3.8, 4) is 0 Å². The van der Waals surface area contributed by atoms with Gasteiger partial charge in [0.15, 0.2) is 17.5 Å². The molecule has 0 bridgehead atoms. The van der Waals surface area contributed by atoms with E-state index in [1.807, 2.05) is 62.4 Å². The number of carboxylic acids is 1. The Morgan fingerprint density at radius 3 is 2.03 bits per heavy atom. The fourth-order valence-corrected chi connectivity index (χ4v) is 2.90. The number of aromatic carboxylic acids is 1. The summed E-state index contributed by atoms with van der Waals surface area (Å²) in [6, 6.07) is 22.3. The van der Waals surface area contributed by atoms with E-state index in [1.165, 1.54) is 12.1 Å². The standard InChI is InChI=1S/C24H20N4O2/c1-15-3-11-19(12-4-15)25-22-23(26-20-13-5-16(2)6-14-20)28-21(27-22)17-7-9-18(10-8-17)24(29)30/h3-14H,1-2H3,(H,29,30)(H,25,26,27,28). The fraction of sp³-hybridized carbons (Fsp3) is 0.0833. The third kappa shape index (κ3) is 4.33. The molecule has 0 atom stereocenters. The van der Waals surface area contributed by atoms with Crippen molar-refractivity contribution in [3.63, 3.8) is 0 Å². The van der Waals surface area contributed by atoms with Crippen molar-refractivity contribution in [1.29, 1.82) is 0 Å². The molecule has 0 aliphatic carbocycles. The molecular formula is C24H20N4O2. The van der Waals surface area contributed by atoms with E-state index in [1.54, 1.807) is 12.1 Å². The molecule has 0 spiro atoms. The minimum absolute atomic E-state index is 0.216. The van der Waals surface area contributed by atoms with Gasteiger partial charge in [0.1, 0.15) is 0 Å². The van der Waals surface area contributed by atoms with Crippen molar-refractivity contribution >= 4 is 34.9 Å². The third-order valence-corrected chi connectivity index (χ3v) is 4.61. The van der Waals surface area contributed by atoms with Crippen LogP contribution in [0.15, 0.2) is 87.8 Å². The van der Waals surface area contributed by atoms with E-state index in [-0.39, 0.29) is 5.56 Å². The number of amidine groups is 3. The number of nitrogens with one attached hydrogen (secondary N) is 1. The smallest absolute Gasteiger partial charge is 0.335 e. The Hall–Kier alpha value is -4.06. The lowest BCUT2D eigenvalue weighted by atomic mass is 10.1. The van der Waals surface area contributed by atoms with Gasteiger partial charge >= 0.3 is 5.97 Å². The van der Waals surface area contributed by atoms with Gasteiger partial charge < -0.3 is 10.4 Å². The molecule has 0 unspecified atom stereocenters. The minimum atomic E-state index is -0.971. The average molecular weight is 396 g/mol. The van der Waals surface area contributed by atoms with E-state index in [0.717, 1.165) is 28.1 Å². The van der Waals surface area contributed by atoms with Crippen LogP contribution in [0.3, 0.4) is 0 Å². The summed E-state index contributed by atoms with van der Waals surface area (Å²) in [5.41, 5.74) is 4.91. The molecule has 0 saturated heterocycles. The number of carbonyl (C=O) groups is 1. The summed E-state index contributed by atoms with van der Waals surface area (Å²) in [7, 11) is 0. The van der Waals surface area contributed by atoms with Crippen LogP contribution in [0.5, 0.6) is 0 Å². The SMILES string of the molecule is Cc1ccc(N=C2N=C(c3ccc(C(=O)O)cc3)N=C2Nc2ccc(C)cc2)cc1. The number of aliphatic imine (C=N–C) groups is 3. The third-order valence-electron chi connectivity index (χ3n) is 4.61. The van der Waals surface area contributed by atoms with Crippen LogP contribution in [0.2, 0.25) is 0 Å². The zero-order valence-electron chi connectivity index (χ0n) is 16.6. The quantitative estimate of drug-likeness (QED) is 0.650. The lowest BCUT2D eigenvalue weighted by molar-refractivity contribution is 0.0697. The molecule has 148 valence electrons. The van der Waals surface area contributed by atoms with Gasteiger partial charge in [-0.15, -0.1) is 0 Å². The van der Waals surface area contributed by atoms with Gasteiger partial charge in [-0.2, -0.15) is 0 Å². The van der Waals surface area contributed by atoms with Crippen LogP contribution in [-0.4, -0.2) is 28.6 Å². The Balaban J connectivity index is 1.70. The van der Waals surface area contributed by atoms with Crippen LogP contribution in [-0.2, 0) is 0 Å². The average Bonchev–Trinajstić information content (AvgIpc) is 3.13. The molecule has 6 heteroatoms. The molecule has 0 fully saturated rings. The molecule has 1 aliphatic rings. The minimum Gasteiger partial charge on any atom is -0.478 e. The second-order valence-corrected chi connectivity index (χ2v) is 7.04. The Bertz CT molecular complexity index is 1170. The van der Waals surface area contributed by atoms with E-state index < -0.39 is 5.97 Å². The summed E-state index contributed by atoms with van der Waals surface area (Å²) < 4.78 is 0. The highest BCUT2D eigenvalue weighted by Crippen LogP contribution is 2.19. The number of aryl methyl sites for hydroxylation is 2. The van der Waals surface area contributed by atoms with E-state index in [9.17, 15) is 4.79 Å². The van der Waals surface area contributed by atoms with Gasteiger partial charge in [-0.25, -0.2) is 19.8 Å². The van der Waals surface area contributed by atoms with Gasteiger partial charge in [0, 0.05) is 11.3 Å². The van der Waals surface area contributed by atoms with Gasteiger partial charge in [0.25, 0.3) is 0 Å². The zero-order valence-corrected chi connectivity index (χ0v) is 16.6. The van der Waals surface area contributed by atoms with Crippen LogP contribution in [0.25, 0.3) is 0 Å². The summed E-state index contributed by atoms with van der Waals surface area (Å²) in [6.45, 7) is 4.05. The number of anilines is 1. The summed E-state index contributed by atoms with van der Waals surface area (Å²) in [5.74, 6) is 0.516. The van der Waals surface area contributed by atoms with Crippen LogP contribution in [0.4, 0.5) is 11.4 Å². The Morgan fingerprint density at radius 1 is 0.833 bits per heavy atom. The predicted octanol–water partition coefficient (Wildman–Crippen LogP) is 5.00. The van der Waals surface area contributed by atoms with Crippen molar-refractivity contribution < 1.29 is 9.90 Å². The molecule has 1 aliphatic heterocycles. The maximum Gasteiger partial charge on any atom is 0.335 e. The summed E-state index contributed by atoms with van der Waals surface area (Å²) in [6.07, 6.45) is 0. The number of hydrogen-bond acceptors (Lipinski definition) is 4. The van der Waals surface area contributed by atoms with Gasteiger partial charge in [0.2, 0.25) is 0 Å². The molecule has 0 aromatic heterocycles. The van der Waals surface area contributed by atoms with E-state index >= 15 is 0 Å². The van der Waals surface area contributed by atoms with Gasteiger partial charge in [-0.3, -0.25) is 0 Å². The molecule has 3 aromatic rings. The Kier molecular flexibility index (Phi) is 5.22. The molecule has 0 amide bonds. The number of benzene rings is 3. The molecule has 4 rings (SSSR count). The lowest BCUT2D eigenvalue weighted by Crippen LogP contribution is -2.18. The van der Waals surface area contributed by atoms with Crippen molar-refractivity contribution in [2.24, 2.45) is 15.0 Å². The first-order valence-corrected chi connectivity index (χ1v) is 9.48. The number of hydrogen-bond donors (Lipinski definition) is 2. The molecule has 1 heterocycles. The molecule has 3 aromatic carbocycles. The van der Waals surface area contributed by atoms with Crippen LogP contribution >= 0.6 is 0 Å². The first kappa shape index (κ1) is 19.3. The molecule has 6 nitrogen and oxygen atoms in total. The topological polar surface area (TPSA) is 86.4 Å². The molecule has 2 N–H and O–H groups in total. The number of rotatable bonds is 4. The van der Waals surface area contributed by atoms with Crippen molar-refractivity contribution in [1.82, 2.24) is 0 Å². The van der Waals surface area contributed by atoms with Gasteiger partial charge in [-0.05, 0) is 50.2 Å². The van der Waals surface area contributed by atoms with E-state index in [0.29, 0.717) is 17.5 Å². The van der Waals surface area contributed by atoms with Crippen molar-refractivity contribution in [2.45, 2.75) is 13.8 Å². The summed E-state index contributed by atoms with van der Waals surface area (Å²) >= 11 is 0. The maximum absolute atomic E-state index is 11.1. The van der Waals surface area contributed by atoms with Crippen molar-refractivity contribution in [2.75, 3.05) is 5.32 Å². The Morgan fingerprint density at radius 2 is 1.43 bits per heavy atom. The largest absolute Gasteiger partial charge is 0.478 e. The monoisotopic (exact) mass is 396 g/mol. The molecular weight excluding hydrogens is 376 g/mol. The highest BCUT2D eigenvalue weighted by molar-refractivity contribution is 6.51. The predicted molar refractivity (Wildman–Crippen MR) is 120 cm³/mol. The summed E-state index contributed by atoms with van der Waals surface area (Å²) in [4.78, 5) is 25.0. The highest BCUT2D eigenvalue weighted by Gasteiger charge is 2.20. The first-order valence-electron chi connectivity index (χ1n) is 9.48. The fourth-order valence-electron chi connectivity index (χ4n) is 2.90. The second kappa shape index (κ2) is 8.13. The van der Waals surface area contributed by atoms with Crippen LogP contribution in [0.1, 0.15) is 27.0 Å². The van der Waals surface area contributed by atoms with E-state index in [2.05, 4.69) is 20.3 Å². The maximum atomic E-state index is 11.1. The van der Waals surface area contributed by atoms with Crippen LogP contribution < -0.4 is 5.32 Å². The molecule has 0 saturated carbocycles. The lowest BCUT2D eigenvalue weighted by Gasteiger charge is -2.06. The zero-order chi connectivity index (χ0) is 21.1. The van der Waals surface area contributed by atoms with Crippen molar-refractivity contribution in [3.05, 3.63) is 95.1 Å². The molecule has 0 radical (unpaired) electrons. The first-order chi connectivity index (χ1) is 14.5. The number of nitrogens with zero attached hydrogens (tertiary/aromatic N) is 3. The van der Waals surface area contributed by atoms with E-state index in [4.69, 9.17) is 5.11 Å².